The van der Waals surface area contributed by atoms with Crippen molar-refractivity contribution in [2.24, 2.45) is 11.3 Å². The van der Waals surface area contributed by atoms with Crippen LogP contribution in [0.3, 0.4) is 0 Å². The number of aliphatic hydroxyl groups excluding tert-OH is 1. The highest BCUT2D eigenvalue weighted by Gasteiger charge is 2.45. The highest BCUT2D eigenvalue weighted by atomic mass is 32.2. The van der Waals surface area contributed by atoms with Crippen LogP contribution in [0.4, 0.5) is 0 Å². The molecule has 5 saturated heterocycles. The molecule has 5 heterocycles. The fourth-order valence-corrected chi connectivity index (χ4v) is 13.2. The predicted octanol–water partition coefficient (Wildman–Crippen LogP) is 0.337. The summed E-state index contributed by atoms with van der Waals surface area (Å²) < 4.78 is 36.4. The van der Waals surface area contributed by atoms with Gasteiger partial charge in [0.1, 0.15) is 37.0 Å². The molecule has 74 heavy (non-hydrogen) atoms. The van der Waals surface area contributed by atoms with Crippen molar-refractivity contribution in [1.82, 2.24) is 51.7 Å². The van der Waals surface area contributed by atoms with E-state index in [9.17, 15) is 42.3 Å². The Hall–Kier alpha value is -4.37. The van der Waals surface area contributed by atoms with E-state index in [1.54, 1.807) is 32.5 Å². The fourth-order valence-electron chi connectivity index (χ4n) is 9.88. The van der Waals surface area contributed by atoms with Gasteiger partial charge < -0.3 is 51.4 Å². The average Bonchev–Trinajstić information content (AvgIpc) is 4.21. The number of piperidine rings is 1. The number of carbonyl (C=O) groups is 6. The molecular formula is C50H74N10O11S3. The third-order valence-electron chi connectivity index (χ3n) is 14.0. The quantitative estimate of drug-likeness (QED) is 0.0763. The topological polar surface area (TPSA) is 278 Å². The van der Waals surface area contributed by atoms with Crippen LogP contribution in [-0.4, -0.2) is 171 Å². The Morgan fingerprint density at radius 3 is 2.35 bits per heavy atom. The molecule has 0 aromatic heterocycles. The number of hydrogen-bond donors (Lipinski definition) is 9. The second-order valence-corrected chi connectivity index (χ2v) is 25.1. The van der Waals surface area contributed by atoms with E-state index in [4.69, 9.17) is 9.47 Å². The van der Waals surface area contributed by atoms with E-state index in [-0.39, 0.29) is 87.8 Å². The molecule has 0 aliphatic carbocycles. The third-order valence-corrected chi connectivity index (χ3v) is 17.8. The van der Waals surface area contributed by atoms with Crippen LogP contribution >= 0.6 is 23.5 Å². The first-order valence-corrected chi connectivity index (χ1v) is 29.3. The van der Waals surface area contributed by atoms with Crippen molar-refractivity contribution in [3.63, 3.8) is 0 Å². The normalized spacial score (nSPS) is 26.8. The lowest BCUT2D eigenvalue weighted by molar-refractivity contribution is -0.145. The monoisotopic (exact) mass is 1090 g/mol. The van der Waals surface area contributed by atoms with E-state index in [0.717, 1.165) is 48.4 Å². The van der Waals surface area contributed by atoms with Crippen molar-refractivity contribution >= 4 is 69.0 Å². The van der Waals surface area contributed by atoms with Crippen molar-refractivity contribution in [3.05, 3.63) is 70.8 Å². The Balaban J connectivity index is 0.775. The van der Waals surface area contributed by atoms with Gasteiger partial charge in [0.05, 0.1) is 31.4 Å². The van der Waals surface area contributed by atoms with Gasteiger partial charge in [-0.15, -0.1) is 23.5 Å². The van der Waals surface area contributed by atoms with E-state index in [1.807, 2.05) is 30.0 Å². The summed E-state index contributed by atoms with van der Waals surface area (Å²) in [5.74, 6) is -1.24. The number of ether oxygens (including phenoxy) is 2. The minimum Gasteiger partial charge on any atom is -0.391 e. The number of hydrogen-bond acceptors (Lipinski definition) is 16. The molecule has 5 aliphatic heterocycles. The first kappa shape index (κ1) is 57.3. The van der Waals surface area contributed by atoms with Crippen molar-refractivity contribution in [2.75, 3.05) is 77.0 Å². The number of benzene rings is 2. The van der Waals surface area contributed by atoms with Gasteiger partial charge in [0, 0.05) is 68.1 Å². The first-order valence-electron chi connectivity index (χ1n) is 25.4. The largest absolute Gasteiger partial charge is 0.391 e. The minimum atomic E-state index is -3.37. The van der Waals surface area contributed by atoms with Gasteiger partial charge in [0.2, 0.25) is 45.5 Å². The molecule has 10 atom stereocenters. The van der Waals surface area contributed by atoms with Crippen molar-refractivity contribution in [3.8, 4) is 0 Å². The van der Waals surface area contributed by atoms with Crippen LogP contribution in [-0.2, 0) is 54.8 Å². The number of nitrogens with one attached hydrogen (secondary N) is 8. The van der Waals surface area contributed by atoms with E-state index in [2.05, 4.69) is 79.8 Å². The molecule has 408 valence electrons. The molecule has 6 amide bonds. The number of β-amino-alcohol motifs (C(OH)–C–C–N with tert-alkyl or cyclic N) is 1. The molecule has 7 unspecified atom stereocenters. The number of aliphatic hydroxyl groups is 1. The van der Waals surface area contributed by atoms with Gasteiger partial charge in [-0.05, 0) is 66.3 Å². The van der Waals surface area contributed by atoms with Crippen LogP contribution in [0, 0.1) is 11.3 Å². The van der Waals surface area contributed by atoms with Crippen LogP contribution in [0.1, 0.15) is 92.8 Å². The van der Waals surface area contributed by atoms with Crippen LogP contribution in [0.2, 0.25) is 0 Å². The van der Waals surface area contributed by atoms with Crippen molar-refractivity contribution < 1.29 is 51.8 Å². The number of amides is 6. The molecule has 2 aromatic carbocycles. The summed E-state index contributed by atoms with van der Waals surface area (Å²) in [5, 5.41) is 35.2. The number of rotatable bonds is 21. The molecule has 7 rings (SSSR count). The van der Waals surface area contributed by atoms with Gasteiger partial charge in [-0.2, -0.15) is 0 Å². The zero-order valence-electron chi connectivity index (χ0n) is 42.9. The summed E-state index contributed by atoms with van der Waals surface area (Å²) in [4.78, 5) is 79.9. The Morgan fingerprint density at radius 1 is 0.878 bits per heavy atom. The van der Waals surface area contributed by atoms with Gasteiger partial charge in [-0.25, -0.2) is 12.7 Å². The highest BCUT2D eigenvalue weighted by Crippen LogP contribution is 2.37. The van der Waals surface area contributed by atoms with Gasteiger partial charge in [-0.1, -0.05) is 69.3 Å². The molecular weight excluding hydrogens is 1010 g/mol. The first-order chi connectivity index (χ1) is 35.2. The zero-order valence-corrected chi connectivity index (χ0v) is 45.3. The number of carbonyl (C=O) groups excluding carboxylic acids is 6. The molecule has 0 saturated carbocycles. The van der Waals surface area contributed by atoms with E-state index >= 15 is 0 Å². The van der Waals surface area contributed by atoms with Gasteiger partial charge >= 0.3 is 0 Å². The van der Waals surface area contributed by atoms with Gasteiger partial charge in [0.15, 0.2) is 0 Å². The summed E-state index contributed by atoms with van der Waals surface area (Å²) in [6.45, 7) is 8.26. The SMILES string of the molecule is CC1NCSC1c1ccc(CNC(=O)[C@@H]2C[C@@H](O)CN2C(=O)[C@@H](NC(=O)COCC(=O)NCCOC2CC(c3cccc(C4CSC(NC(=O)CNC(=O)C5CCN(S(C)(=O)=O)C5)N4)c3)CCN2)C(C)(C)C)cc1. The molecule has 24 heteroatoms. The van der Waals surface area contributed by atoms with Crippen molar-refractivity contribution in [1.29, 1.82) is 0 Å². The lowest BCUT2D eigenvalue weighted by atomic mass is 9.85. The second kappa shape index (κ2) is 26.1. The molecule has 0 bridgehead atoms. The summed E-state index contributed by atoms with van der Waals surface area (Å²) in [5.41, 5.74) is 3.28. The Bertz CT molecular complexity index is 2410. The van der Waals surface area contributed by atoms with Crippen molar-refractivity contribution in [2.45, 2.75) is 113 Å². The summed E-state index contributed by atoms with van der Waals surface area (Å²) in [7, 11) is -3.37. The zero-order chi connectivity index (χ0) is 53.2. The second-order valence-electron chi connectivity index (χ2n) is 20.8. The lowest BCUT2D eigenvalue weighted by Crippen LogP contribution is -2.58. The third kappa shape index (κ3) is 16.1. The highest BCUT2D eigenvalue weighted by molar-refractivity contribution is 8.00. The molecule has 0 spiro atoms. The number of nitrogens with zero attached hydrogens (tertiary/aromatic N) is 2. The number of sulfonamides is 1. The number of thioether (sulfide) groups is 2. The summed E-state index contributed by atoms with van der Waals surface area (Å²) in [6, 6.07) is 14.9. The molecule has 0 radical (unpaired) electrons. The van der Waals surface area contributed by atoms with Crippen LogP contribution in [0.5, 0.6) is 0 Å². The van der Waals surface area contributed by atoms with Gasteiger partial charge in [0.25, 0.3) is 0 Å². The minimum absolute atomic E-state index is 0.00585. The Morgan fingerprint density at radius 2 is 1.64 bits per heavy atom. The maximum atomic E-state index is 14.0. The summed E-state index contributed by atoms with van der Waals surface area (Å²) in [6.07, 6.45) is 2.09. The van der Waals surface area contributed by atoms with E-state index in [1.165, 1.54) is 20.3 Å². The van der Waals surface area contributed by atoms with Crippen LogP contribution in [0.25, 0.3) is 0 Å². The Kier molecular flexibility index (Phi) is 20.2. The van der Waals surface area contributed by atoms with E-state index < -0.39 is 76.4 Å². The van der Waals surface area contributed by atoms with Crippen LogP contribution in [0.15, 0.2) is 48.5 Å². The van der Waals surface area contributed by atoms with Gasteiger partial charge in [-0.3, -0.25) is 39.4 Å². The molecule has 21 nitrogen and oxygen atoms in total. The summed E-state index contributed by atoms with van der Waals surface area (Å²) >= 11 is 3.42. The maximum Gasteiger partial charge on any atom is 0.246 e. The lowest BCUT2D eigenvalue weighted by Gasteiger charge is -2.35. The standard InChI is InChI=1S/C50H74N10O11S3/c1-30-44(73-29-55-30)32-11-9-31(10-12-32)22-53-47(66)39-21-37(61)25-60(39)48(67)45(50(2,3)4)57-42(64)27-70-26-41(63)51-16-18-71-43-20-34(13-15-52-43)33-7-6-8-35(19-33)38-28-72-49(56-38)58-40(62)23-54-46(65)36-14-17-59(24-36)74(5,68)69/h6-12,19,30,34,36-39,43-45,49,52,55-56,61H,13-18,20-29H2,1-5H3,(H,51,63)(H,53,66)(H,54,65)(H,57,64)(H,58,62)/t30?,34?,36?,37-,38?,39+,43?,44?,45-,49?/m1/s1. The fraction of sp³-hybridized carbons (Fsp3) is 0.640. The smallest absolute Gasteiger partial charge is 0.246 e. The molecule has 5 aliphatic rings. The molecule has 9 N–H and O–H groups in total. The molecule has 2 aromatic rings. The average molecular weight is 1090 g/mol. The van der Waals surface area contributed by atoms with Crippen LogP contribution < -0.4 is 42.5 Å². The van der Waals surface area contributed by atoms with E-state index in [0.29, 0.717) is 17.7 Å². The molecule has 5 fully saturated rings. The Labute approximate surface area is 442 Å². The predicted molar refractivity (Wildman–Crippen MR) is 281 cm³/mol. The maximum absolute atomic E-state index is 14.0. The number of likely N-dealkylation sites (tertiary alicyclic amines) is 1.